The van der Waals surface area contributed by atoms with Crippen LogP contribution in [0.3, 0.4) is 0 Å². The average molecular weight is 1010 g/mol. The van der Waals surface area contributed by atoms with E-state index in [4.69, 9.17) is 13.8 Å². The summed E-state index contributed by atoms with van der Waals surface area (Å²) >= 11 is 0. The number of ether oxygens (including phenoxy) is 1. The van der Waals surface area contributed by atoms with Crippen molar-refractivity contribution in [2.24, 2.45) is 0 Å². The third-order valence-corrected chi connectivity index (χ3v) is 13.3. The molecular formula is C61H109N2O7P. The first-order valence-corrected chi connectivity index (χ1v) is 30.4. The molecule has 0 bridgehead atoms. The van der Waals surface area contributed by atoms with Crippen LogP contribution in [0, 0.1) is 0 Å². The van der Waals surface area contributed by atoms with Gasteiger partial charge < -0.3 is 28.5 Å². The van der Waals surface area contributed by atoms with Gasteiger partial charge in [0.1, 0.15) is 19.3 Å². The number of hydrogen-bond donors (Lipinski definition) is 1. The van der Waals surface area contributed by atoms with Crippen molar-refractivity contribution < 1.29 is 37.3 Å². The number of nitrogens with one attached hydrogen (secondary N) is 1. The minimum absolute atomic E-state index is 0.0346. The molecule has 0 aromatic carbocycles. The van der Waals surface area contributed by atoms with Crippen molar-refractivity contribution in [1.29, 1.82) is 0 Å². The third kappa shape index (κ3) is 51.9. The van der Waals surface area contributed by atoms with E-state index in [0.29, 0.717) is 23.9 Å². The zero-order valence-corrected chi connectivity index (χ0v) is 47.5. The lowest BCUT2D eigenvalue weighted by atomic mass is 10.1. The Labute approximate surface area is 437 Å². The molecule has 0 saturated carbocycles. The molecular weight excluding hydrogens is 904 g/mol. The van der Waals surface area contributed by atoms with E-state index >= 15 is 0 Å². The highest BCUT2D eigenvalue weighted by Crippen LogP contribution is 2.38. The number of unbranched alkanes of at least 4 members (excludes halogenated alkanes) is 23. The van der Waals surface area contributed by atoms with Crippen molar-refractivity contribution in [1.82, 2.24) is 5.32 Å². The van der Waals surface area contributed by atoms with Crippen molar-refractivity contribution >= 4 is 19.7 Å². The fraction of sp³-hybridized carbons (Fsp3) is 0.738. The number of rotatable bonds is 51. The van der Waals surface area contributed by atoms with Crippen LogP contribution in [0.4, 0.5) is 0 Å². The van der Waals surface area contributed by atoms with E-state index in [2.05, 4.69) is 99.0 Å². The maximum absolute atomic E-state index is 13.5. The molecule has 0 heterocycles. The van der Waals surface area contributed by atoms with Crippen molar-refractivity contribution in [3.63, 3.8) is 0 Å². The molecule has 0 aromatic heterocycles. The minimum atomic E-state index is -4.71. The fourth-order valence-electron chi connectivity index (χ4n) is 7.84. The number of amides is 1. The van der Waals surface area contributed by atoms with Crippen LogP contribution in [0.2, 0.25) is 0 Å². The zero-order chi connectivity index (χ0) is 52.2. The van der Waals surface area contributed by atoms with Gasteiger partial charge in [0.05, 0.1) is 33.8 Å². The van der Waals surface area contributed by atoms with Gasteiger partial charge in [0.25, 0.3) is 7.82 Å². The highest BCUT2D eigenvalue weighted by molar-refractivity contribution is 7.45. The maximum atomic E-state index is 13.5. The summed E-state index contributed by atoms with van der Waals surface area (Å²) in [7, 11) is 1.14. The number of hydrogen-bond acceptors (Lipinski definition) is 7. The molecule has 3 atom stereocenters. The molecule has 0 radical (unpaired) electrons. The zero-order valence-electron chi connectivity index (χ0n) is 46.7. The van der Waals surface area contributed by atoms with E-state index in [-0.39, 0.29) is 31.3 Å². The first-order chi connectivity index (χ1) is 34.4. The van der Waals surface area contributed by atoms with E-state index < -0.39 is 26.6 Å². The van der Waals surface area contributed by atoms with E-state index in [9.17, 15) is 19.0 Å². The molecule has 1 amide bonds. The van der Waals surface area contributed by atoms with Gasteiger partial charge >= 0.3 is 5.97 Å². The van der Waals surface area contributed by atoms with Gasteiger partial charge in [0, 0.05) is 12.8 Å². The molecule has 0 rings (SSSR count). The van der Waals surface area contributed by atoms with E-state index in [1.807, 2.05) is 33.3 Å². The lowest BCUT2D eigenvalue weighted by Crippen LogP contribution is -2.47. The Kier molecular flexibility index (Phi) is 48.7. The molecule has 0 aromatic rings. The van der Waals surface area contributed by atoms with Gasteiger partial charge in [-0.25, -0.2) is 0 Å². The van der Waals surface area contributed by atoms with E-state index in [1.54, 1.807) is 0 Å². The molecule has 9 nitrogen and oxygen atoms in total. The van der Waals surface area contributed by atoms with Crippen LogP contribution < -0.4 is 10.2 Å². The number of esters is 1. The normalized spacial score (nSPS) is 14.4. The Morgan fingerprint density at radius 1 is 0.507 bits per heavy atom. The van der Waals surface area contributed by atoms with Crippen LogP contribution in [0.5, 0.6) is 0 Å². The van der Waals surface area contributed by atoms with Gasteiger partial charge in [0.15, 0.2) is 0 Å². The second-order valence-corrected chi connectivity index (χ2v) is 21.8. The summed E-state index contributed by atoms with van der Waals surface area (Å²) in [4.78, 5) is 39.8. The van der Waals surface area contributed by atoms with Gasteiger partial charge in [-0.05, 0) is 102 Å². The number of phosphoric acid groups is 1. The number of carbonyl (C=O) groups excluding carboxylic acids is 2. The second kappa shape index (κ2) is 50.7. The summed E-state index contributed by atoms with van der Waals surface area (Å²) in [6, 6.07) is -0.914. The average Bonchev–Trinajstić information content (AvgIpc) is 3.33. The SMILES string of the molecule is CC/C=C\C/C=C\C/C=C\C/C=C\C/C=C\CCCCCC(=O)NC(COP(=O)([O-])OCC[N+](C)(C)C)C(/C=C\CCCCCCCCCCCC)OC(=O)CCCCC/C=C\CCCCCCCCC. The minimum Gasteiger partial charge on any atom is -0.756 e. The predicted octanol–water partition coefficient (Wildman–Crippen LogP) is 16.8. The van der Waals surface area contributed by atoms with Crippen molar-refractivity contribution in [2.45, 2.75) is 251 Å². The number of allylic oxidation sites excluding steroid dienone is 13. The van der Waals surface area contributed by atoms with Crippen LogP contribution in [-0.4, -0.2) is 69.4 Å². The Hall–Kier alpha value is -2.81. The van der Waals surface area contributed by atoms with Gasteiger partial charge in [0.2, 0.25) is 5.91 Å². The highest BCUT2D eigenvalue weighted by atomic mass is 31.2. The van der Waals surface area contributed by atoms with Crippen molar-refractivity contribution in [3.8, 4) is 0 Å². The first-order valence-electron chi connectivity index (χ1n) is 28.9. The van der Waals surface area contributed by atoms with Crippen LogP contribution >= 0.6 is 7.82 Å². The Bertz CT molecular complexity index is 1490. The standard InChI is InChI=1S/C61H109N2O7P/c1-7-10-13-16-19-22-25-28-30-31-32-33-34-35-38-41-44-47-50-53-60(64)62-58(57-69-71(66,67)68-56-55-63(4,5)6)59(52-49-46-43-40-37-27-24-21-18-15-12-9-3)70-61(65)54-51-48-45-42-39-36-29-26-23-20-17-14-11-8-2/h10,13,19,22,28,30,32-33,35-36,38-39,49,52,58-59H,7-9,11-12,14-18,20-21,23-27,29,31,34,37,40-48,50-51,53-57H2,1-6H3,(H-,62,64,66,67)/b13-10-,22-19-,30-28-,33-32-,38-35-,39-36-,52-49-. The summed E-state index contributed by atoms with van der Waals surface area (Å²) in [5.74, 6) is -0.601. The Morgan fingerprint density at radius 3 is 1.37 bits per heavy atom. The lowest BCUT2D eigenvalue weighted by molar-refractivity contribution is -0.870. The Balaban J connectivity index is 5.42. The van der Waals surface area contributed by atoms with Gasteiger partial charge in [-0.1, -0.05) is 209 Å². The summed E-state index contributed by atoms with van der Waals surface area (Å²) in [5.41, 5.74) is 0. The van der Waals surface area contributed by atoms with Crippen LogP contribution in [0.15, 0.2) is 85.1 Å². The maximum Gasteiger partial charge on any atom is 0.306 e. The fourth-order valence-corrected chi connectivity index (χ4v) is 8.56. The topological polar surface area (TPSA) is 114 Å². The largest absolute Gasteiger partial charge is 0.756 e. The number of phosphoric ester groups is 1. The van der Waals surface area contributed by atoms with Gasteiger partial charge in [-0.2, -0.15) is 0 Å². The third-order valence-electron chi connectivity index (χ3n) is 12.3. The molecule has 0 fully saturated rings. The smallest absolute Gasteiger partial charge is 0.306 e. The molecule has 0 aliphatic rings. The molecule has 71 heavy (non-hydrogen) atoms. The monoisotopic (exact) mass is 1010 g/mol. The van der Waals surface area contributed by atoms with Crippen molar-refractivity contribution in [2.75, 3.05) is 40.9 Å². The summed E-state index contributed by atoms with van der Waals surface area (Å²) in [5, 5.41) is 3.00. The highest BCUT2D eigenvalue weighted by Gasteiger charge is 2.27. The summed E-state index contributed by atoms with van der Waals surface area (Å²) in [6.45, 7) is 6.67. The van der Waals surface area contributed by atoms with Gasteiger partial charge in [-0.3, -0.25) is 14.2 Å². The number of carbonyl (C=O) groups is 2. The van der Waals surface area contributed by atoms with Crippen LogP contribution in [0.25, 0.3) is 0 Å². The molecule has 0 aliphatic carbocycles. The van der Waals surface area contributed by atoms with E-state index in [0.717, 1.165) is 96.3 Å². The molecule has 410 valence electrons. The lowest BCUT2D eigenvalue weighted by Gasteiger charge is -2.30. The molecule has 1 N–H and O–H groups in total. The van der Waals surface area contributed by atoms with Crippen LogP contribution in [-0.2, 0) is 27.9 Å². The quantitative estimate of drug-likeness (QED) is 0.0212. The van der Waals surface area contributed by atoms with E-state index in [1.165, 1.54) is 96.3 Å². The molecule has 10 heteroatoms. The van der Waals surface area contributed by atoms with Gasteiger partial charge in [-0.15, -0.1) is 0 Å². The summed E-state index contributed by atoms with van der Waals surface area (Å²) in [6.07, 6.45) is 65.5. The van der Waals surface area contributed by atoms with Crippen LogP contribution in [0.1, 0.15) is 239 Å². The molecule has 0 saturated heterocycles. The number of quaternary nitrogens is 1. The number of likely N-dealkylation sites (N-methyl/N-ethyl adjacent to an activating group) is 1. The first kappa shape index (κ1) is 68.2. The Morgan fingerprint density at radius 2 is 0.901 bits per heavy atom. The predicted molar refractivity (Wildman–Crippen MR) is 302 cm³/mol. The molecule has 0 aliphatic heterocycles. The molecule has 3 unspecified atom stereocenters. The van der Waals surface area contributed by atoms with Crippen molar-refractivity contribution in [3.05, 3.63) is 85.1 Å². The summed E-state index contributed by atoms with van der Waals surface area (Å²) < 4.78 is 30.2. The number of nitrogens with zero attached hydrogens (tertiary/aromatic N) is 1. The second-order valence-electron chi connectivity index (χ2n) is 20.4. The molecule has 0 spiro atoms.